The molecule has 3 aromatic carbocycles. The van der Waals surface area contributed by atoms with Crippen LogP contribution in [0.3, 0.4) is 0 Å². The standard InChI is InChI=1S/C28H31ClN2O2/c1-28(2,3)21-14-16-22(17-15-21)32-19-9-8-18-31-25-12-6-5-11-24(25)30-27(31)20-33-26-13-7-4-10-23(26)29/h4-7,10-17H,8-9,18-20H2,1-3H3. The third-order valence-corrected chi connectivity index (χ3v) is 6.00. The predicted octanol–water partition coefficient (Wildman–Crippen LogP) is 7.43. The summed E-state index contributed by atoms with van der Waals surface area (Å²) in [5.74, 6) is 2.49. The van der Waals surface area contributed by atoms with E-state index in [9.17, 15) is 0 Å². The molecular formula is C28H31ClN2O2. The minimum Gasteiger partial charge on any atom is -0.494 e. The van der Waals surface area contributed by atoms with Crippen LogP contribution >= 0.6 is 11.6 Å². The van der Waals surface area contributed by atoms with Crippen LogP contribution in [0, 0.1) is 0 Å². The topological polar surface area (TPSA) is 36.3 Å². The number of benzene rings is 3. The summed E-state index contributed by atoms with van der Waals surface area (Å²) in [6, 6.07) is 24.1. The molecule has 0 fully saturated rings. The molecule has 4 rings (SSSR count). The normalized spacial score (nSPS) is 11.6. The van der Waals surface area contributed by atoms with Gasteiger partial charge in [-0.15, -0.1) is 0 Å². The summed E-state index contributed by atoms with van der Waals surface area (Å²) in [6.07, 6.45) is 1.94. The number of rotatable bonds is 9. The molecule has 0 aliphatic heterocycles. The maximum absolute atomic E-state index is 6.24. The molecule has 0 N–H and O–H groups in total. The molecule has 0 unspecified atom stereocenters. The second-order valence-corrected chi connectivity index (χ2v) is 9.62. The van der Waals surface area contributed by atoms with Crippen LogP contribution in [0.25, 0.3) is 11.0 Å². The van der Waals surface area contributed by atoms with Gasteiger partial charge in [-0.2, -0.15) is 0 Å². The number of nitrogens with zero attached hydrogens (tertiary/aromatic N) is 2. The Kier molecular flexibility index (Phi) is 7.24. The van der Waals surface area contributed by atoms with E-state index in [4.69, 9.17) is 26.1 Å². The summed E-state index contributed by atoms with van der Waals surface area (Å²) in [5.41, 5.74) is 3.56. The fraction of sp³-hybridized carbons (Fsp3) is 0.321. The first-order chi connectivity index (χ1) is 15.9. The molecule has 0 aliphatic rings. The van der Waals surface area contributed by atoms with Gasteiger partial charge in [0.05, 0.1) is 22.7 Å². The van der Waals surface area contributed by atoms with Crippen LogP contribution in [-0.4, -0.2) is 16.2 Å². The number of imidazole rings is 1. The monoisotopic (exact) mass is 462 g/mol. The zero-order chi connectivity index (χ0) is 23.3. The number of para-hydroxylation sites is 3. The summed E-state index contributed by atoms with van der Waals surface area (Å²) in [7, 11) is 0. The van der Waals surface area contributed by atoms with E-state index in [2.05, 4.69) is 55.7 Å². The van der Waals surface area contributed by atoms with Crippen molar-refractivity contribution in [3.63, 3.8) is 0 Å². The Morgan fingerprint density at radius 2 is 1.58 bits per heavy atom. The van der Waals surface area contributed by atoms with Crippen molar-refractivity contribution < 1.29 is 9.47 Å². The van der Waals surface area contributed by atoms with Crippen LogP contribution < -0.4 is 9.47 Å². The maximum Gasteiger partial charge on any atom is 0.147 e. The average molecular weight is 463 g/mol. The van der Waals surface area contributed by atoms with Gasteiger partial charge in [0.15, 0.2) is 0 Å². The van der Waals surface area contributed by atoms with Crippen molar-refractivity contribution in [1.29, 1.82) is 0 Å². The fourth-order valence-electron chi connectivity index (χ4n) is 3.80. The van der Waals surface area contributed by atoms with Gasteiger partial charge in [-0.3, -0.25) is 0 Å². The number of hydrogen-bond donors (Lipinski definition) is 0. The van der Waals surface area contributed by atoms with Crippen LogP contribution in [0.15, 0.2) is 72.8 Å². The number of aryl methyl sites for hydroxylation is 1. The van der Waals surface area contributed by atoms with Crippen LogP contribution in [0.4, 0.5) is 0 Å². The first-order valence-electron chi connectivity index (χ1n) is 11.5. The number of fused-ring (bicyclic) bond motifs is 1. The lowest BCUT2D eigenvalue weighted by Crippen LogP contribution is -2.10. The van der Waals surface area contributed by atoms with E-state index in [-0.39, 0.29) is 5.41 Å². The minimum absolute atomic E-state index is 0.152. The lowest BCUT2D eigenvalue weighted by Gasteiger charge is -2.19. The van der Waals surface area contributed by atoms with Gasteiger partial charge in [0.25, 0.3) is 0 Å². The molecule has 1 aromatic heterocycles. The molecule has 0 spiro atoms. The molecule has 0 saturated carbocycles. The molecule has 4 nitrogen and oxygen atoms in total. The van der Waals surface area contributed by atoms with Crippen LogP contribution in [0.5, 0.6) is 11.5 Å². The Labute approximate surface area is 201 Å². The number of aromatic nitrogens is 2. The van der Waals surface area contributed by atoms with Gasteiger partial charge >= 0.3 is 0 Å². The maximum atomic E-state index is 6.24. The number of halogens is 1. The van der Waals surface area contributed by atoms with Gasteiger partial charge in [-0.25, -0.2) is 4.98 Å². The molecule has 33 heavy (non-hydrogen) atoms. The zero-order valence-electron chi connectivity index (χ0n) is 19.6. The van der Waals surface area contributed by atoms with Crippen LogP contribution in [0.2, 0.25) is 5.02 Å². The van der Waals surface area contributed by atoms with E-state index < -0.39 is 0 Å². The molecule has 0 saturated heterocycles. The Bertz CT molecular complexity index is 1190. The van der Waals surface area contributed by atoms with Crippen molar-refractivity contribution in [2.45, 2.75) is 52.2 Å². The van der Waals surface area contributed by atoms with Gasteiger partial charge < -0.3 is 14.0 Å². The molecule has 4 aromatic rings. The number of hydrogen-bond acceptors (Lipinski definition) is 3. The second-order valence-electron chi connectivity index (χ2n) is 9.22. The summed E-state index contributed by atoms with van der Waals surface area (Å²) < 4.78 is 14.2. The Balaban J connectivity index is 1.35. The van der Waals surface area contributed by atoms with Gasteiger partial charge in [0.2, 0.25) is 0 Å². The first-order valence-corrected chi connectivity index (χ1v) is 11.8. The van der Waals surface area contributed by atoms with Crippen molar-refractivity contribution in [2.75, 3.05) is 6.61 Å². The Morgan fingerprint density at radius 1 is 0.848 bits per heavy atom. The zero-order valence-corrected chi connectivity index (χ0v) is 20.3. The van der Waals surface area contributed by atoms with Crippen LogP contribution in [-0.2, 0) is 18.6 Å². The molecule has 0 aliphatic carbocycles. The van der Waals surface area contributed by atoms with Gasteiger partial charge in [0, 0.05) is 6.54 Å². The SMILES string of the molecule is CC(C)(C)c1ccc(OCCCCn2c(COc3ccccc3Cl)nc3ccccc32)cc1. The van der Waals surface area contributed by atoms with E-state index >= 15 is 0 Å². The summed E-state index contributed by atoms with van der Waals surface area (Å²) in [6.45, 7) is 8.57. The summed E-state index contributed by atoms with van der Waals surface area (Å²) in [4.78, 5) is 4.80. The Morgan fingerprint density at radius 3 is 2.33 bits per heavy atom. The fourth-order valence-corrected chi connectivity index (χ4v) is 3.99. The van der Waals surface area contributed by atoms with Gasteiger partial charge in [-0.1, -0.05) is 68.8 Å². The second kappa shape index (κ2) is 10.3. The molecule has 0 radical (unpaired) electrons. The highest BCUT2D eigenvalue weighted by Gasteiger charge is 2.13. The van der Waals surface area contributed by atoms with Crippen molar-refractivity contribution >= 4 is 22.6 Å². The molecule has 1 heterocycles. The highest BCUT2D eigenvalue weighted by molar-refractivity contribution is 6.32. The third-order valence-electron chi connectivity index (χ3n) is 5.69. The van der Waals surface area contributed by atoms with Crippen molar-refractivity contribution in [2.24, 2.45) is 0 Å². The number of ether oxygens (including phenoxy) is 2. The quantitative estimate of drug-likeness (QED) is 0.243. The van der Waals surface area contributed by atoms with E-state index in [0.29, 0.717) is 24.0 Å². The highest BCUT2D eigenvalue weighted by Crippen LogP contribution is 2.26. The van der Waals surface area contributed by atoms with E-state index in [1.54, 1.807) is 0 Å². The van der Waals surface area contributed by atoms with Gasteiger partial charge in [0.1, 0.15) is 23.9 Å². The van der Waals surface area contributed by atoms with E-state index in [1.165, 1.54) is 5.56 Å². The molecule has 0 atom stereocenters. The molecule has 172 valence electrons. The van der Waals surface area contributed by atoms with Gasteiger partial charge in [-0.05, 0) is 60.2 Å². The lowest BCUT2D eigenvalue weighted by molar-refractivity contribution is 0.285. The van der Waals surface area contributed by atoms with Crippen molar-refractivity contribution in [3.05, 3.63) is 89.2 Å². The van der Waals surface area contributed by atoms with Crippen molar-refractivity contribution in [3.8, 4) is 11.5 Å². The third kappa shape index (κ3) is 5.88. The molecule has 0 amide bonds. The van der Waals surface area contributed by atoms with Crippen LogP contribution in [0.1, 0.15) is 45.0 Å². The first kappa shape index (κ1) is 23.2. The predicted molar refractivity (Wildman–Crippen MR) is 135 cm³/mol. The molecule has 0 bridgehead atoms. The minimum atomic E-state index is 0.152. The number of unbranched alkanes of at least 4 members (excludes halogenated alkanes) is 1. The van der Waals surface area contributed by atoms with E-state index in [0.717, 1.165) is 42.0 Å². The summed E-state index contributed by atoms with van der Waals surface area (Å²) in [5, 5.41) is 0.604. The van der Waals surface area contributed by atoms with E-state index in [1.807, 2.05) is 42.5 Å². The molecule has 5 heteroatoms. The summed E-state index contributed by atoms with van der Waals surface area (Å²) >= 11 is 6.24. The Hall–Kier alpha value is -2.98. The molecular weight excluding hydrogens is 432 g/mol. The smallest absolute Gasteiger partial charge is 0.147 e. The largest absolute Gasteiger partial charge is 0.494 e. The highest BCUT2D eigenvalue weighted by atomic mass is 35.5. The van der Waals surface area contributed by atoms with Crippen molar-refractivity contribution in [1.82, 2.24) is 9.55 Å². The average Bonchev–Trinajstić information content (AvgIpc) is 3.15. The lowest BCUT2D eigenvalue weighted by atomic mass is 9.87.